The molecule has 3 aromatic carbocycles. The van der Waals surface area contributed by atoms with E-state index in [1.54, 1.807) is 6.07 Å². The fraction of sp³-hybridized carbons (Fsp3) is 0.355. The van der Waals surface area contributed by atoms with Gasteiger partial charge in [-0.05, 0) is 102 Å². The van der Waals surface area contributed by atoms with Crippen molar-refractivity contribution in [1.82, 2.24) is 4.90 Å². The summed E-state index contributed by atoms with van der Waals surface area (Å²) in [5.74, 6) is 0.294. The van der Waals surface area contributed by atoms with Crippen molar-refractivity contribution in [1.29, 1.82) is 0 Å². The van der Waals surface area contributed by atoms with Gasteiger partial charge in [-0.15, -0.1) is 0 Å². The van der Waals surface area contributed by atoms with Crippen molar-refractivity contribution in [3.05, 3.63) is 105 Å². The number of benzene rings is 3. The third-order valence-corrected chi connectivity index (χ3v) is 7.71. The highest BCUT2D eigenvalue weighted by molar-refractivity contribution is 6.32. The van der Waals surface area contributed by atoms with Gasteiger partial charge in [0.2, 0.25) is 0 Å². The summed E-state index contributed by atoms with van der Waals surface area (Å²) in [6, 6.07) is 20.5. The Bertz CT molecular complexity index is 1240. The molecule has 5 rings (SSSR count). The Hall–Kier alpha value is -2.49. The summed E-state index contributed by atoms with van der Waals surface area (Å²) in [5.41, 5.74) is 8.59. The summed E-state index contributed by atoms with van der Waals surface area (Å²) >= 11 is 6.74. The number of nitrogens with zero attached hydrogens (tertiary/aromatic N) is 1. The summed E-state index contributed by atoms with van der Waals surface area (Å²) in [5, 5.41) is 0.747. The number of rotatable bonds is 7. The molecule has 182 valence electrons. The van der Waals surface area contributed by atoms with Gasteiger partial charge in [0.1, 0.15) is 5.82 Å². The van der Waals surface area contributed by atoms with Crippen LogP contribution >= 0.6 is 11.6 Å². The first-order valence-electron chi connectivity index (χ1n) is 12.7. The standard InChI is InChI=1S/C31H32ClF2N/c1-21-10-13-27(29(32)16-21)28-9-4-7-23-6-2-3-8-26(23)31(28)25-12-11-24(30(34)18-25)17-22-19-35(20-22)15-5-14-33/h2-3,6,8,10-13,16,18,22H,4-5,7,9,14-15,17,19-20H2,1H3. The molecule has 1 fully saturated rings. The second-order valence-electron chi connectivity index (χ2n) is 10.0. The van der Waals surface area contributed by atoms with Crippen molar-refractivity contribution < 1.29 is 8.78 Å². The van der Waals surface area contributed by atoms with Crippen LogP contribution in [0.25, 0.3) is 11.1 Å². The van der Waals surface area contributed by atoms with Crippen molar-refractivity contribution >= 4 is 22.7 Å². The Kier molecular flexibility index (Phi) is 7.36. The van der Waals surface area contributed by atoms with Gasteiger partial charge in [-0.1, -0.05) is 60.1 Å². The van der Waals surface area contributed by atoms with E-state index in [1.165, 1.54) is 16.7 Å². The zero-order chi connectivity index (χ0) is 24.4. The molecule has 1 saturated heterocycles. The van der Waals surface area contributed by atoms with Gasteiger partial charge in [0.25, 0.3) is 0 Å². The maximum absolute atomic E-state index is 15.5. The van der Waals surface area contributed by atoms with Gasteiger partial charge < -0.3 is 4.90 Å². The number of hydrogen-bond acceptors (Lipinski definition) is 1. The predicted molar refractivity (Wildman–Crippen MR) is 142 cm³/mol. The van der Waals surface area contributed by atoms with E-state index in [4.69, 9.17) is 11.6 Å². The summed E-state index contributed by atoms with van der Waals surface area (Å²) in [7, 11) is 0. The van der Waals surface area contributed by atoms with Gasteiger partial charge in [-0.2, -0.15) is 0 Å². The van der Waals surface area contributed by atoms with Crippen LogP contribution in [-0.2, 0) is 12.8 Å². The van der Waals surface area contributed by atoms with Gasteiger partial charge in [0.15, 0.2) is 0 Å². The predicted octanol–water partition coefficient (Wildman–Crippen LogP) is 7.92. The first-order valence-corrected chi connectivity index (χ1v) is 13.1. The fourth-order valence-corrected chi connectivity index (χ4v) is 5.99. The van der Waals surface area contributed by atoms with Crippen LogP contribution in [0.5, 0.6) is 0 Å². The van der Waals surface area contributed by atoms with Crippen LogP contribution in [0.15, 0.2) is 60.7 Å². The minimum absolute atomic E-state index is 0.145. The average Bonchev–Trinajstić information content (AvgIpc) is 3.01. The van der Waals surface area contributed by atoms with Crippen molar-refractivity contribution in [2.75, 3.05) is 26.3 Å². The van der Waals surface area contributed by atoms with Crippen LogP contribution in [0.4, 0.5) is 8.78 Å². The Labute approximate surface area is 212 Å². The van der Waals surface area contributed by atoms with E-state index in [-0.39, 0.29) is 12.5 Å². The minimum Gasteiger partial charge on any atom is -0.303 e. The molecule has 2 aliphatic rings. The smallest absolute Gasteiger partial charge is 0.127 e. The highest BCUT2D eigenvalue weighted by atomic mass is 35.5. The number of alkyl halides is 1. The minimum atomic E-state index is -0.272. The van der Waals surface area contributed by atoms with Gasteiger partial charge in [-0.3, -0.25) is 4.39 Å². The Morgan fingerprint density at radius 3 is 2.57 bits per heavy atom. The molecule has 4 heteroatoms. The van der Waals surface area contributed by atoms with Crippen LogP contribution < -0.4 is 0 Å². The highest BCUT2D eigenvalue weighted by Gasteiger charge is 2.27. The lowest BCUT2D eigenvalue weighted by Crippen LogP contribution is -2.48. The number of fused-ring (bicyclic) bond motifs is 1. The molecular weight excluding hydrogens is 460 g/mol. The maximum atomic E-state index is 15.5. The number of likely N-dealkylation sites (tertiary alicyclic amines) is 1. The molecule has 0 aromatic heterocycles. The molecule has 3 aromatic rings. The molecule has 0 spiro atoms. The molecule has 0 atom stereocenters. The van der Waals surface area contributed by atoms with Gasteiger partial charge >= 0.3 is 0 Å². The third-order valence-electron chi connectivity index (χ3n) is 7.40. The normalized spacial score (nSPS) is 16.7. The number of halogens is 3. The summed E-state index contributed by atoms with van der Waals surface area (Å²) < 4.78 is 27.9. The number of allylic oxidation sites excluding steroid dienone is 1. The number of hydrogen-bond donors (Lipinski definition) is 0. The zero-order valence-electron chi connectivity index (χ0n) is 20.3. The van der Waals surface area contributed by atoms with Gasteiger partial charge in [0, 0.05) is 24.7 Å². The molecule has 1 aliphatic heterocycles. The average molecular weight is 492 g/mol. The molecule has 0 bridgehead atoms. The second-order valence-corrected chi connectivity index (χ2v) is 10.4. The Morgan fingerprint density at radius 1 is 0.971 bits per heavy atom. The van der Waals surface area contributed by atoms with E-state index >= 15 is 4.39 Å². The highest BCUT2D eigenvalue weighted by Crippen LogP contribution is 2.42. The Morgan fingerprint density at radius 2 is 1.80 bits per heavy atom. The molecule has 35 heavy (non-hydrogen) atoms. The maximum Gasteiger partial charge on any atom is 0.127 e. The molecular formula is C31H32ClF2N. The number of aryl methyl sites for hydroxylation is 2. The van der Waals surface area contributed by atoms with E-state index < -0.39 is 0 Å². The summed E-state index contributed by atoms with van der Waals surface area (Å²) in [6.45, 7) is 4.42. The molecule has 1 nitrogen and oxygen atoms in total. The van der Waals surface area contributed by atoms with E-state index in [0.717, 1.165) is 78.2 Å². The largest absolute Gasteiger partial charge is 0.303 e. The quantitative estimate of drug-likeness (QED) is 0.324. The molecule has 0 unspecified atom stereocenters. The van der Waals surface area contributed by atoms with Crippen LogP contribution in [0, 0.1) is 18.7 Å². The van der Waals surface area contributed by atoms with Crippen molar-refractivity contribution in [2.45, 2.75) is 39.0 Å². The van der Waals surface area contributed by atoms with Crippen molar-refractivity contribution in [2.24, 2.45) is 5.92 Å². The van der Waals surface area contributed by atoms with Crippen LogP contribution in [0.3, 0.4) is 0 Å². The molecule has 0 N–H and O–H groups in total. The topological polar surface area (TPSA) is 3.24 Å². The van der Waals surface area contributed by atoms with Crippen LogP contribution in [0.2, 0.25) is 5.02 Å². The summed E-state index contributed by atoms with van der Waals surface area (Å²) in [6.07, 6.45) is 4.23. The first-order chi connectivity index (χ1) is 17.0. The molecule has 0 amide bonds. The van der Waals surface area contributed by atoms with Crippen molar-refractivity contribution in [3.63, 3.8) is 0 Å². The first kappa shape index (κ1) is 24.2. The van der Waals surface area contributed by atoms with E-state index in [1.807, 2.05) is 19.1 Å². The zero-order valence-corrected chi connectivity index (χ0v) is 21.1. The van der Waals surface area contributed by atoms with Crippen molar-refractivity contribution in [3.8, 4) is 0 Å². The van der Waals surface area contributed by atoms with E-state index in [0.29, 0.717) is 12.3 Å². The SMILES string of the molecule is Cc1ccc(C2=C(c3ccc(CC4CN(CCCF)C4)c(F)c3)c3ccccc3CCC2)c(Cl)c1. The second kappa shape index (κ2) is 10.6. The molecule has 0 saturated carbocycles. The monoisotopic (exact) mass is 491 g/mol. The lowest BCUT2D eigenvalue weighted by molar-refractivity contribution is 0.0962. The molecule has 0 radical (unpaired) electrons. The molecule has 1 heterocycles. The van der Waals surface area contributed by atoms with Crippen LogP contribution in [0.1, 0.15) is 52.6 Å². The summed E-state index contributed by atoms with van der Waals surface area (Å²) in [4.78, 5) is 2.25. The van der Waals surface area contributed by atoms with Gasteiger partial charge in [0.05, 0.1) is 6.67 Å². The van der Waals surface area contributed by atoms with E-state index in [2.05, 4.69) is 47.4 Å². The van der Waals surface area contributed by atoms with Crippen LogP contribution in [-0.4, -0.2) is 31.2 Å². The Balaban J connectivity index is 1.51. The van der Waals surface area contributed by atoms with Gasteiger partial charge in [-0.25, -0.2) is 4.39 Å². The lowest BCUT2D eigenvalue weighted by Gasteiger charge is -2.39. The lowest BCUT2D eigenvalue weighted by atomic mass is 9.86. The fourth-order valence-electron chi connectivity index (χ4n) is 5.64. The molecule has 1 aliphatic carbocycles. The third kappa shape index (κ3) is 5.22. The van der Waals surface area contributed by atoms with E-state index in [9.17, 15) is 4.39 Å².